The summed E-state index contributed by atoms with van der Waals surface area (Å²) in [6.07, 6.45) is 0.912. The number of fused-ring (bicyclic) bond motifs is 1. The molecule has 1 aliphatic carbocycles. The van der Waals surface area contributed by atoms with Crippen LogP contribution >= 0.6 is 0 Å². The van der Waals surface area contributed by atoms with E-state index < -0.39 is 6.17 Å². The quantitative estimate of drug-likeness (QED) is 0.863. The van der Waals surface area contributed by atoms with Gasteiger partial charge in [0, 0.05) is 13.5 Å². The number of hydrogen-bond donors (Lipinski definition) is 2. The highest BCUT2D eigenvalue weighted by Crippen LogP contribution is 2.25. The highest BCUT2D eigenvalue weighted by molar-refractivity contribution is 5.94. The smallest absolute Gasteiger partial charge is 0.271 e. The van der Waals surface area contributed by atoms with Crippen LogP contribution in [0.4, 0.5) is 10.1 Å². The SMILES string of the molecule is CNc1cc(C)nn2c(C(=O)NC3CC3F)cnc12. The summed E-state index contributed by atoms with van der Waals surface area (Å²) in [5.41, 5.74) is 2.44. The molecule has 0 saturated heterocycles. The van der Waals surface area contributed by atoms with E-state index in [1.54, 1.807) is 7.05 Å². The first-order valence-electron chi connectivity index (χ1n) is 6.08. The Hall–Kier alpha value is -2.18. The Bertz CT molecular complexity index is 653. The van der Waals surface area contributed by atoms with Crippen molar-refractivity contribution in [2.24, 2.45) is 0 Å². The van der Waals surface area contributed by atoms with Crippen molar-refractivity contribution < 1.29 is 9.18 Å². The number of carbonyl (C=O) groups is 1. The minimum Gasteiger partial charge on any atom is -0.385 e. The molecular formula is C12H14FN5O. The molecule has 0 aliphatic heterocycles. The average Bonchev–Trinajstić information content (AvgIpc) is 2.90. The summed E-state index contributed by atoms with van der Waals surface area (Å²) in [6.45, 7) is 1.83. The van der Waals surface area contributed by atoms with Crippen molar-refractivity contribution in [1.82, 2.24) is 19.9 Å². The van der Waals surface area contributed by atoms with Crippen LogP contribution in [-0.2, 0) is 0 Å². The molecule has 2 heterocycles. The summed E-state index contributed by atoms with van der Waals surface area (Å²) in [7, 11) is 1.78. The van der Waals surface area contributed by atoms with E-state index in [4.69, 9.17) is 0 Å². The van der Waals surface area contributed by atoms with E-state index in [0.717, 1.165) is 11.4 Å². The monoisotopic (exact) mass is 263 g/mol. The predicted octanol–water partition coefficient (Wildman–Crippen LogP) is 0.920. The van der Waals surface area contributed by atoms with Crippen molar-refractivity contribution in [3.8, 4) is 0 Å². The molecule has 100 valence electrons. The normalized spacial score (nSPS) is 21.4. The third kappa shape index (κ3) is 2.00. The molecule has 0 radical (unpaired) electrons. The largest absolute Gasteiger partial charge is 0.385 e. The predicted molar refractivity (Wildman–Crippen MR) is 68.0 cm³/mol. The Morgan fingerprint density at radius 2 is 2.32 bits per heavy atom. The summed E-state index contributed by atoms with van der Waals surface area (Å²) >= 11 is 0. The molecular weight excluding hydrogens is 249 g/mol. The number of anilines is 1. The lowest BCUT2D eigenvalue weighted by Crippen LogP contribution is -2.28. The van der Waals surface area contributed by atoms with Gasteiger partial charge in [-0.25, -0.2) is 13.9 Å². The highest BCUT2D eigenvalue weighted by atomic mass is 19.1. The van der Waals surface area contributed by atoms with Crippen molar-refractivity contribution >= 4 is 17.2 Å². The van der Waals surface area contributed by atoms with E-state index >= 15 is 0 Å². The first-order chi connectivity index (χ1) is 9.10. The highest BCUT2D eigenvalue weighted by Gasteiger charge is 2.39. The van der Waals surface area contributed by atoms with Crippen LogP contribution in [0.25, 0.3) is 5.65 Å². The van der Waals surface area contributed by atoms with Crippen LogP contribution in [0.3, 0.4) is 0 Å². The molecule has 2 unspecified atom stereocenters. The van der Waals surface area contributed by atoms with Crippen LogP contribution in [0.15, 0.2) is 12.3 Å². The van der Waals surface area contributed by atoms with E-state index in [0.29, 0.717) is 17.8 Å². The summed E-state index contributed by atoms with van der Waals surface area (Å²) in [5, 5.41) is 9.90. The molecule has 0 spiro atoms. The average molecular weight is 263 g/mol. The number of imidazole rings is 1. The van der Waals surface area contributed by atoms with Gasteiger partial charge in [0.2, 0.25) is 0 Å². The summed E-state index contributed by atoms with van der Waals surface area (Å²) < 4.78 is 14.3. The van der Waals surface area contributed by atoms with Gasteiger partial charge in [-0.1, -0.05) is 0 Å². The number of aromatic nitrogens is 3. The van der Waals surface area contributed by atoms with E-state index in [1.165, 1.54) is 10.7 Å². The minimum atomic E-state index is -0.925. The summed E-state index contributed by atoms with van der Waals surface area (Å²) in [6, 6.07) is 1.48. The fourth-order valence-electron chi connectivity index (χ4n) is 1.99. The zero-order chi connectivity index (χ0) is 13.6. The van der Waals surface area contributed by atoms with Crippen LogP contribution in [0.2, 0.25) is 0 Å². The van der Waals surface area contributed by atoms with E-state index in [-0.39, 0.29) is 11.9 Å². The molecule has 2 atom stereocenters. The summed E-state index contributed by atoms with van der Waals surface area (Å²) in [5.74, 6) is -0.349. The number of halogens is 1. The molecule has 1 aliphatic rings. The number of aryl methyl sites for hydroxylation is 1. The molecule has 1 fully saturated rings. The second-order valence-corrected chi connectivity index (χ2v) is 4.66. The second kappa shape index (κ2) is 4.18. The number of rotatable bonds is 3. The number of nitrogens with zero attached hydrogens (tertiary/aromatic N) is 3. The lowest BCUT2D eigenvalue weighted by molar-refractivity contribution is 0.0940. The maximum absolute atomic E-state index is 12.8. The van der Waals surface area contributed by atoms with E-state index in [1.807, 2.05) is 13.0 Å². The molecule has 6 nitrogen and oxygen atoms in total. The third-order valence-corrected chi connectivity index (χ3v) is 3.12. The molecule has 7 heteroatoms. The Balaban J connectivity index is 1.99. The maximum atomic E-state index is 12.8. The Kier molecular flexibility index (Phi) is 2.62. The minimum absolute atomic E-state index is 0.314. The van der Waals surface area contributed by atoms with Gasteiger partial charge >= 0.3 is 0 Å². The molecule has 0 bridgehead atoms. The van der Waals surface area contributed by atoms with Gasteiger partial charge in [-0.3, -0.25) is 4.79 Å². The first-order valence-corrected chi connectivity index (χ1v) is 6.08. The molecule has 1 saturated carbocycles. The molecule has 2 N–H and O–H groups in total. The number of carbonyl (C=O) groups excluding carboxylic acids is 1. The standard InChI is InChI=1S/C12H14FN5O/c1-6-3-9(14-2)11-15-5-10(18(11)17-6)12(19)16-8-4-7(8)13/h3,5,7-8,14H,4H2,1-2H3,(H,16,19). The van der Waals surface area contributed by atoms with Gasteiger partial charge in [0.1, 0.15) is 6.17 Å². The third-order valence-electron chi connectivity index (χ3n) is 3.12. The van der Waals surface area contributed by atoms with Gasteiger partial charge in [-0.15, -0.1) is 0 Å². The van der Waals surface area contributed by atoms with Gasteiger partial charge in [0.15, 0.2) is 11.3 Å². The van der Waals surface area contributed by atoms with Crippen molar-refractivity contribution in [1.29, 1.82) is 0 Å². The fraction of sp³-hybridized carbons (Fsp3) is 0.417. The van der Waals surface area contributed by atoms with Crippen molar-refractivity contribution in [2.75, 3.05) is 12.4 Å². The number of hydrogen-bond acceptors (Lipinski definition) is 4. The van der Waals surface area contributed by atoms with Crippen LogP contribution in [0, 0.1) is 6.92 Å². The van der Waals surface area contributed by atoms with Crippen molar-refractivity contribution in [2.45, 2.75) is 25.6 Å². The zero-order valence-corrected chi connectivity index (χ0v) is 10.6. The van der Waals surface area contributed by atoms with Gasteiger partial charge in [0.25, 0.3) is 5.91 Å². The number of alkyl halides is 1. The number of nitrogens with one attached hydrogen (secondary N) is 2. The fourth-order valence-corrected chi connectivity index (χ4v) is 1.99. The molecule has 0 aromatic carbocycles. The van der Waals surface area contributed by atoms with Gasteiger partial charge in [-0.2, -0.15) is 5.10 Å². The second-order valence-electron chi connectivity index (χ2n) is 4.66. The van der Waals surface area contributed by atoms with E-state index in [9.17, 15) is 9.18 Å². The van der Waals surface area contributed by atoms with Crippen molar-refractivity contribution in [3.63, 3.8) is 0 Å². The lowest BCUT2D eigenvalue weighted by Gasteiger charge is -2.06. The van der Waals surface area contributed by atoms with Gasteiger partial charge in [0.05, 0.1) is 23.6 Å². The Labute approximate surface area is 109 Å². The molecule has 1 amide bonds. The summed E-state index contributed by atoms with van der Waals surface area (Å²) in [4.78, 5) is 16.2. The molecule has 2 aromatic rings. The van der Waals surface area contributed by atoms with Crippen LogP contribution in [-0.4, -0.2) is 39.8 Å². The number of amides is 1. The van der Waals surface area contributed by atoms with E-state index in [2.05, 4.69) is 20.7 Å². The molecule has 19 heavy (non-hydrogen) atoms. The molecule has 3 rings (SSSR count). The van der Waals surface area contributed by atoms with Crippen LogP contribution < -0.4 is 10.6 Å². The Morgan fingerprint density at radius 3 is 2.95 bits per heavy atom. The van der Waals surface area contributed by atoms with Gasteiger partial charge < -0.3 is 10.6 Å². The zero-order valence-electron chi connectivity index (χ0n) is 10.6. The topological polar surface area (TPSA) is 71.3 Å². The molecule has 2 aromatic heterocycles. The first kappa shape index (κ1) is 11.9. The van der Waals surface area contributed by atoms with Crippen molar-refractivity contribution in [3.05, 3.63) is 23.7 Å². The maximum Gasteiger partial charge on any atom is 0.271 e. The van der Waals surface area contributed by atoms with Crippen LogP contribution in [0.5, 0.6) is 0 Å². The Morgan fingerprint density at radius 1 is 1.58 bits per heavy atom. The van der Waals surface area contributed by atoms with Gasteiger partial charge in [-0.05, 0) is 13.0 Å². The lowest BCUT2D eigenvalue weighted by atomic mass is 10.3. The van der Waals surface area contributed by atoms with Crippen LogP contribution in [0.1, 0.15) is 22.6 Å².